The van der Waals surface area contributed by atoms with E-state index in [1.54, 1.807) is 29.3 Å². The number of benzene rings is 1. The molecule has 0 aliphatic carbocycles. The molecule has 0 spiro atoms. The number of aromatic nitrogens is 1. The highest BCUT2D eigenvalue weighted by Gasteiger charge is 2.21. The smallest absolute Gasteiger partial charge is 0.263 e. The molecule has 7 nitrogen and oxygen atoms in total. The Kier molecular flexibility index (Phi) is 5.96. The molecule has 0 radical (unpaired) electrons. The summed E-state index contributed by atoms with van der Waals surface area (Å²) in [5.74, 6) is -0.0308. The van der Waals surface area contributed by atoms with Gasteiger partial charge in [0, 0.05) is 22.9 Å². The number of sulfonamides is 1. The Morgan fingerprint density at radius 1 is 1.38 bits per heavy atom. The van der Waals surface area contributed by atoms with Gasteiger partial charge in [0.2, 0.25) is 5.91 Å². The van der Waals surface area contributed by atoms with Gasteiger partial charge in [0.25, 0.3) is 10.0 Å². The van der Waals surface area contributed by atoms with E-state index in [9.17, 15) is 13.2 Å². The molecule has 0 atom stereocenters. The van der Waals surface area contributed by atoms with Crippen LogP contribution in [0.1, 0.15) is 11.3 Å². The number of nitrogens with zero attached hydrogens (tertiary/aromatic N) is 2. The number of aryl methyl sites for hydroxylation is 1. The first-order chi connectivity index (χ1) is 12.3. The van der Waals surface area contributed by atoms with Crippen LogP contribution in [0.3, 0.4) is 0 Å². The molecule has 140 valence electrons. The number of hydrogen-bond acceptors (Lipinski definition) is 6. The quantitative estimate of drug-likeness (QED) is 0.741. The zero-order chi connectivity index (χ0) is 18.7. The Balaban J connectivity index is 1.68. The number of anilines is 1. The van der Waals surface area contributed by atoms with Gasteiger partial charge < -0.3 is 9.64 Å². The molecule has 1 amide bonds. The van der Waals surface area contributed by atoms with Crippen molar-refractivity contribution in [2.24, 2.45) is 0 Å². The maximum atomic E-state index is 12.6. The molecule has 0 saturated carbocycles. The molecule has 1 aromatic heterocycles. The van der Waals surface area contributed by atoms with E-state index < -0.39 is 10.0 Å². The van der Waals surface area contributed by atoms with Crippen molar-refractivity contribution in [2.75, 3.05) is 31.0 Å². The normalized spacial score (nSPS) is 15.1. The van der Waals surface area contributed by atoms with Gasteiger partial charge >= 0.3 is 0 Å². The summed E-state index contributed by atoms with van der Waals surface area (Å²) in [6.45, 7) is 3.96. The number of thiazole rings is 1. The van der Waals surface area contributed by atoms with Crippen molar-refractivity contribution < 1.29 is 17.9 Å². The Morgan fingerprint density at radius 2 is 2.12 bits per heavy atom. The van der Waals surface area contributed by atoms with Gasteiger partial charge in [-0.05, 0) is 30.7 Å². The number of morpholine rings is 1. The van der Waals surface area contributed by atoms with Crippen molar-refractivity contribution in [3.05, 3.63) is 39.3 Å². The van der Waals surface area contributed by atoms with Crippen LogP contribution in [0.5, 0.6) is 0 Å². The second-order valence-electron chi connectivity index (χ2n) is 5.83. The standard InChI is InChI=1S/C16H18BrN3O4S2/c1-11-8-12(17)2-3-14(11)26(22,23)19-16-18-13(10-25-16)9-15(21)20-4-6-24-7-5-20/h2-3,8,10H,4-7,9H2,1H3,(H,18,19). The summed E-state index contributed by atoms with van der Waals surface area (Å²) in [6.07, 6.45) is 0.148. The highest BCUT2D eigenvalue weighted by molar-refractivity contribution is 9.10. The molecule has 0 unspecified atom stereocenters. The summed E-state index contributed by atoms with van der Waals surface area (Å²) < 4.78 is 33.7. The lowest BCUT2D eigenvalue weighted by Gasteiger charge is -2.26. The average Bonchev–Trinajstić information content (AvgIpc) is 3.01. The number of carbonyl (C=O) groups is 1. The summed E-state index contributed by atoms with van der Waals surface area (Å²) in [5, 5.41) is 1.95. The first-order valence-corrected chi connectivity index (χ1v) is 11.1. The van der Waals surface area contributed by atoms with Gasteiger partial charge in [0.05, 0.1) is 30.2 Å². The lowest BCUT2D eigenvalue weighted by Crippen LogP contribution is -2.41. The molecule has 1 aliphatic heterocycles. The Bertz CT molecular complexity index is 908. The van der Waals surface area contributed by atoms with Crippen molar-refractivity contribution in [3.8, 4) is 0 Å². The number of carbonyl (C=O) groups excluding carboxylic acids is 1. The highest BCUT2D eigenvalue weighted by Crippen LogP contribution is 2.24. The summed E-state index contributed by atoms with van der Waals surface area (Å²) >= 11 is 4.48. The fourth-order valence-electron chi connectivity index (χ4n) is 2.60. The summed E-state index contributed by atoms with van der Waals surface area (Å²) in [6, 6.07) is 4.96. The van der Waals surface area contributed by atoms with E-state index in [2.05, 4.69) is 25.6 Å². The second kappa shape index (κ2) is 8.03. The van der Waals surface area contributed by atoms with Gasteiger partial charge in [-0.15, -0.1) is 11.3 Å². The Hall–Kier alpha value is -1.49. The third-order valence-corrected chi connectivity index (χ3v) is 6.82. The van der Waals surface area contributed by atoms with Crippen molar-refractivity contribution in [1.82, 2.24) is 9.88 Å². The van der Waals surface area contributed by atoms with Crippen LogP contribution in [0.15, 0.2) is 32.9 Å². The summed E-state index contributed by atoms with van der Waals surface area (Å²) in [4.78, 5) is 18.4. The van der Waals surface area contributed by atoms with E-state index in [1.165, 1.54) is 6.07 Å². The third kappa shape index (κ3) is 4.61. The lowest BCUT2D eigenvalue weighted by molar-refractivity contribution is -0.134. The van der Waals surface area contributed by atoms with Crippen LogP contribution in [-0.4, -0.2) is 50.5 Å². The van der Waals surface area contributed by atoms with Gasteiger partial charge in [0.15, 0.2) is 5.13 Å². The molecule has 1 N–H and O–H groups in total. The Morgan fingerprint density at radius 3 is 2.81 bits per heavy atom. The van der Waals surface area contributed by atoms with Gasteiger partial charge in [0.1, 0.15) is 0 Å². The minimum Gasteiger partial charge on any atom is -0.378 e. The number of amides is 1. The summed E-state index contributed by atoms with van der Waals surface area (Å²) in [5.41, 5.74) is 1.18. The van der Waals surface area contributed by atoms with E-state index in [1.807, 2.05) is 0 Å². The molecule has 10 heteroatoms. The van der Waals surface area contributed by atoms with E-state index in [4.69, 9.17) is 4.74 Å². The molecule has 1 saturated heterocycles. The predicted octanol–water partition coefficient (Wildman–Crippen LogP) is 2.42. The lowest BCUT2D eigenvalue weighted by atomic mass is 10.2. The first-order valence-electron chi connectivity index (χ1n) is 7.94. The van der Waals surface area contributed by atoms with Crippen LogP contribution in [0, 0.1) is 6.92 Å². The van der Waals surface area contributed by atoms with Crippen LogP contribution >= 0.6 is 27.3 Å². The van der Waals surface area contributed by atoms with Gasteiger partial charge in [-0.3, -0.25) is 9.52 Å². The third-order valence-electron chi connectivity index (χ3n) is 3.90. The topological polar surface area (TPSA) is 88.6 Å². The van der Waals surface area contributed by atoms with Crippen LogP contribution in [0.2, 0.25) is 0 Å². The number of hydrogen-bond donors (Lipinski definition) is 1. The number of halogens is 1. The fraction of sp³-hybridized carbons (Fsp3) is 0.375. The predicted molar refractivity (Wildman–Crippen MR) is 103 cm³/mol. The van der Waals surface area contributed by atoms with Crippen LogP contribution < -0.4 is 4.72 Å². The molecule has 1 aliphatic rings. The summed E-state index contributed by atoms with van der Waals surface area (Å²) in [7, 11) is -3.73. The molecular formula is C16H18BrN3O4S2. The number of ether oxygens (including phenoxy) is 1. The van der Waals surface area contributed by atoms with Crippen molar-refractivity contribution in [1.29, 1.82) is 0 Å². The molecule has 2 aromatic rings. The minimum absolute atomic E-state index is 0.0308. The maximum absolute atomic E-state index is 12.6. The van der Waals surface area contributed by atoms with E-state index in [0.717, 1.165) is 15.8 Å². The van der Waals surface area contributed by atoms with E-state index in [-0.39, 0.29) is 22.4 Å². The maximum Gasteiger partial charge on any atom is 0.263 e. The van der Waals surface area contributed by atoms with Crippen LogP contribution in [0.4, 0.5) is 5.13 Å². The second-order valence-corrected chi connectivity index (χ2v) is 9.25. The minimum atomic E-state index is -3.73. The van der Waals surface area contributed by atoms with Gasteiger partial charge in [-0.25, -0.2) is 13.4 Å². The van der Waals surface area contributed by atoms with Crippen molar-refractivity contribution >= 4 is 48.3 Å². The Labute approximate surface area is 164 Å². The van der Waals surface area contributed by atoms with E-state index >= 15 is 0 Å². The van der Waals surface area contributed by atoms with Crippen LogP contribution in [-0.2, 0) is 26.0 Å². The molecular weight excluding hydrogens is 442 g/mol. The molecule has 2 heterocycles. The van der Waals surface area contributed by atoms with Crippen molar-refractivity contribution in [2.45, 2.75) is 18.2 Å². The number of rotatable bonds is 5. The highest BCUT2D eigenvalue weighted by atomic mass is 79.9. The molecule has 26 heavy (non-hydrogen) atoms. The van der Waals surface area contributed by atoms with Crippen LogP contribution in [0.25, 0.3) is 0 Å². The zero-order valence-corrected chi connectivity index (χ0v) is 17.3. The molecule has 3 rings (SSSR count). The largest absolute Gasteiger partial charge is 0.378 e. The average molecular weight is 460 g/mol. The molecule has 1 fully saturated rings. The zero-order valence-electron chi connectivity index (χ0n) is 14.1. The first kappa shape index (κ1) is 19.3. The SMILES string of the molecule is Cc1cc(Br)ccc1S(=O)(=O)Nc1nc(CC(=O)N2CCOCC2)cs1. The molecule has 1 aromatic carbocycles. The monoisotopic (exact) mass is 459 g/mol. The fourth-order valence-corrected chi connectivity index (χ4v) is 5.27. The number of nitrogens with one attached hydrogen (secondary N) is 1. The van der Waals surface area contributed by atoms with Gasteiger partial charge in [-0.2, -0.15) is 0 Å². The van der Waals surface area contributed by atoms with Crippen molar-refractivity contribution in [3.63, 3.8) is 0 Å². The molecule has 0 bridgehead atoms. The van der Waals surface area contributed by atoms with E-state index in [0.29, 0.717) is 37.6 Å². The van der Waals surface area contributed by atoms with Gasteiger partial charge in [-0.1, -0.05) is 15.9 Å².